The number of benzene rings is 1. The lowest BCUT2D eigenvalue weighted by atomic mass is 10.0. The van der Waals surface area contributed by atoms with Crippen LogP contribution in [0, 0.1) is 0 Å². The quantitative estimate of drug-likeness (QED) is 0.301. The fourth-order valence-electron chi connectivity index (χ4n) is 6.51. The summed E-state index contributed by atoms with van der Waals surface area (Å²) in [7, 11) is 1.98. The predicted molar refractivity (Wildman–Crippen MR) is 159 cm³/mol. The number of carbonyl (C=O) groups is 1. The fraction of sp³-hybridized carbons (Fsp3) is 0.679. The molecule has 12 nitrogen and oxygen atoms in total. The molecule has 2 atom stereocenters. The second kappa shape index (κ2) is 11.9. The van der Waals surface area contributed by atoms with Crippen molar-refractivity contribution in [1.82, 2.24) is 30.2 Å². The summed E-state index contributed by atoms with van der Waals surface area (Å²) >= 11 is 0. The highest BCUT2D eigenvalue weighted by atomic mass is 32.2. The van der Waals surface area contributed by atoms with E-state index in [0.717, 1.165) is 57.8 Å². The van der Waals surface area contributed by atoms with Crippen LogP contribution in [0.1, 0.15) is 39.0 Å². The van der Waals surface area contributed by atoms with E-state index < -0.39 is 15.7 Å². The number of piperazine rings is 1. The Hall–Kier alpha value is -2.74. The second-order valence-electron chi connectivity index (χ2n) is 11.8. The fourth-order valence-corrected chi connectivity index (χ4v) is 7.81. The largest absolute Gasteiger partial charge is 0.495 e. The predicted octanol–water partition coefficient (Wildman–Crippen LogP) is 0.555. The zero-order valence-corrected chi connectivity index (χ0v) is 25.6. The van der Waals surface area contributed by atoms with Gasteiger partial charge in [-0.05, 0) is 38.4 Å². The van der Waals surface area contributed by atoms with Gasteiger partial charge in [0.1, 0.15) is 17.3 Å². The number of carbonyl (C=O) groups excluding carboxylic acids is 1. The van der Waals surface area contributed by atoms with Crippen LogP contribution in [0.4, 0.5) is 5.69 Å². The van der Waals surface area contributed by atoms with Gasteiger partial charge in [-0.3, -0.25) is 20.7 Å². The zero-order chi connectivity index (χ0) is 29.4. The van der Waals surface area contributed by atoms with E-state index in [1.165, 1.54) is 26.0 Å². The third-order valence-corrected chi connectivity index (χ3v) is 10.6. The average Bonchev–Trinajstić information content (AvgIpc) is 3.46. The van der Waals surface area contributed by atoms with Crippen molar-refractivity contribution < 1.29 is 17.9 Å². The molecule has 1 unspecified atom stereocenters. The van der Waals surface area contributed by atoms with E-state index in [4.69, 9.17) is 10.5 Å². The van der Waals surface area contributed by atoms with Gasteiger partial charge in [0.2, 0.25) is 5.91 Å². The van der Waals surface area contributed by atoms with Crippen molar-refractivity contribution in [1.29, 1.82) is 0 Å². The van der Waals surface area contributed by atoms with E-state index in [9.17, 15) is 13.2 Å². The van der Waals surface area contributed by atoms with Gasteiger partial charge >= 0.3 is 0 Å². The summed E-state index contributed by atoms with van der Waals surface area (Å²) in [6.45, 7) is 7.03. The molecule has 1 saturated carbocycles. The van der Waals surface area contributed by atoms with Crippen LogP contribution in [0.2, 0.25) is 0 Å². The van der Waals surface area contributed by atoms with E-state index in [1.54, 1.807) is 12.1 Å². The molecule has 0 radical (unpaired) electrons. The number of nitrogens with two attached hydrogens (primary N) is 1. The Balaban J connectivity index is 1.35. The smallest absolute Gasteiger partial charge is 0.275 e. The molecule has 1 aliphatic carbocycles. The number of anilines is 1. The van der Waals surface area contributed by atoms with Crippen LogP contribution < -0.4 is 26.4 Å². The van der Waals surface area contributed by atoms with E-state index in [0.29, 0.717) is 29.7 Å². The maximum absolute atomic E-state index is 13.4. The molecule has 2 fully saturated rings. The standard InChI is InChI=1S/C28H46N8O4S/c1-5-20-19-34(3)25-26(36(20)21-8-6-7-9-21)31-28(29,32-27(25)37)30-23-11-10-22(18-24(23)40-4)41(38,39)17-16-35-14-12-33(2)13-15-35/h10-11,18,20-21,30-31H,5-9,12-17,19,29H2,1-4H3,(H,32,37)/t20?,28-/m1/s1. The van der Waals surface area contributed by atoms with Crippen LogP contribution in [0.5, 0.6) is 5.75 Å². The number of ether oxygens (including phenoxy) is 1. The van der Waals surface area contributed by atoms with E-state index in [1.807, 2.05) is 11.9 Å². The van der Waals surface area contributed by atoms with Gasteiger partial charge in [0.05, 0.1) is 23.4 Å². The van der Waals surface area contributed by atoms with Crippen molar-refractivity contribution in [2.75, 3.05) is 71.5 Å². The highest BCUT2D eigenvalue weighted by molar-refractivity contribution is 7.91. The molecule has 5 N–H and O–H groups in total. The number of nitrogens with one attached hydrogen (secondary N) is 3. The number of hydrogen-bond acceptors (Lipinski definition) is 11. The van der Waals surface area contributed by atoms with Crippen molar-refractivity contribution in [3.05, 3.63) is 29.7 Å². The third kappa shape index (κ3) is 6.23. The van der Waals surface area contributed by atoms with Crippen LogP contribution in [-0.4, -0.2) is 118 Å². The summed E-state index contributed by atoms with van der Waals surface area (Å²) in [5.41, 5.74) is 7.80. The first-order chi connectivity index (χ1) is 19.5. The van der Waals surface area contributed by atoms with Gasteiger partial charge in [0, 0.05) is 64.5 Å². The highest BCUT2D eigenvalue weighted by Gasteiger charge is 2.46. The van der Waals surface area contributed by atoms with Crippen LogP contribution in [0.25, 0.3) is 0 Å². The summed E-state index contributed by atoms with van der Waals surface area (Å²) in [5.74, 6) is -0.691. The van der Waals surface area contributed by atoms with E-state index >= 15 is 0 Å². The van der Waals surface area contributed by atoms with Gasteiger partial charge < -0.3 is 30.1 Å². The molecule has 228 valence electrons. The van der Waals surface area contributed by atoms with Crippen LogP contribution >= 0.6 is 0 Å². The maximum atomic E-state index is 13.4. The Morgan fingerprint density at radius 1 is 1.12 bits per heavy atom. The number of amides is 1. The molecular formula is C28H46N8O4S. The molecule has 1 aromatic carbocycles. The minimum Gasteiger partial charge on any atom is -0.495 e. The Kier molecular flexibility index (Phi) is 8.61. The van der Waals surface area contributed by atoms with Crippen molar-refractivity contribution in [3.8, 4) is 5.75 Å². The third-order valence-electron chi connectivity index (χ3n) is 8.91. The van der Waals surface area contributed by atoms with Crippen LogP contribution in [0.3, 0.4) is 0 Å². The van der Waals surface area contributed by atoms with Crippen LogP contribution in [-0.2, 0) is 14.6 Å². The van der Waals surface area contributed by atoms with Gasteiger partial charge in [-0.1, -0.05) is 19.8 Å². The molecule has 4 aliphatic rings. The molecule has 41 heavy (non-hydrogen) atoms. The minimum atomic E-state index is -3.53. The van der Waals surface area contributed by atoms with E-state index in [-0.39, 0.29) is 22.6 Å². The Morgan fingerprint density at radius 2 is 1.83 bits per heavy atom. The first kappa shape index (κ1) is 29.7. The maximum Gasteiger partial charge on any atom is 0.275 e. The number of likely N-dealkylation sites (N-methyl/N-ethyl adjacent to an activating group) is 2. The number of methoxy groups -OCH3 is 1. The summed E-state index contributed by atoms with van der Waals surface area (Å²) < 4.78 is 32.0. The zero-order valence-electron chi connectivity index (χ0n) is 24.8. The lowest BCUT2D eigenvalue weighted by Crippen LogP contribution is -2.76. The van der Waals surface area contributed by atoms with Crippen molar-refractivity contribution >= 4 is 21.4 Å². The van der Waals surface area contributed by atoms with Crippen molar-refractivity contribution in [2.45, 2.75) is 61.9 Å². The van der Waals surface area contributed by atoms with Gasteiger partial charge in [-0.2, -0.15) is 0 Å². The Labute approximate surface area is 244 Å². The van der Waals surface area contributed by atoms with Gasteiger partial charge in [0.15, 0.2) is 9.84 Å². The second-order valence-corrected chi connectivity index (χ2v) is 13.9. The lowest BCUT2D eigenvalue weighted by molar-refractivity contribution is -0.123. The molecule has 0 bridgehead atoms. The molecule has 3 heterocycles. The normalized spacial score (nSPS) is 26.6. The summed E-state index contributed by atoms with van der Waals surface area (Å²) in [4.78, 5) is 22.4. The number of nitrogens with zero attached hydrogens (tertiary/aromatic N) is 4. The van der Waals surface area contributed by atoms with Gasteiger partial charge in [0.25, 0.3) is 5.91 Å². The first-order valence-electron chi connectivity index (χ1n) is 14.8. The Bertz CT molecular complexity index is 1260. The molecule has 3 aliphatic heterocycles. The van der Waals surface area contributed by atoms with Gasteiger partial charge in [-0.25, -0.2) is 8.42 Å². The number of hydrogen-bond donors (Lipinski definition) is 4. The van der Waals surface area contributed by atoms with Crippen LogP contribution in [0.15, 0.2) is 34.6 Å². The van der Waals surface area contributed by atoms with Crippen molar-refractivity contribution in [2.24, 2.45) is 5.73 Å². The molecule has 13 heteroatoms. The summed E-state index contributed by atoms with van der Waals surface area (Å²) in [6, 6.07) is 5.34. The molecule has 5 rings (SSSR count). The highest BCUT2D eigenvalue weighted by Crippen LogP contribution is 2.36. The Morgan fingerprint density at radius 3 is 2.49 bits per heavy atom. The molecule has 1 aromatic rings. The monoisotopic (exact) mass is 590 g/mol. The molecule has 0 spiro atoms. The first-order valence-corrected chi connectivity index (χ1v) is 16.4. The minimum absolute atomic E-state index is 0.0329. The van der Waals surface area contributed by atoms with Gasteiger partial charge in [-0.15, -0.1) is 0 Å². The lowest BCUT2D eigenvalue weighted by Gasteiger charge is -2.52. The number of rotatable bonds is 9. The molecular weight excluding hydrogens is 544 g/mol. The summed E-state index contributed by atoms with van der Waals surface area (Å²) in [5, 5.41) is 9.47. The van der Waals surface area contributed by atoms with Crippen molar-refractivity contribution in [3.63, 3.8) is 0 Å². The topological polar surface area (TPSA) is 136 Å². The van der Waals surface area contributed by atoms with E-state index in [2.05, 4.69) is 44.6 Å². The number of sulfone groups is 1. The SMILES string of the molecule is CCC1CN(C)C2=C(N[C@@](N)(Nc3ccc(S(=O)(=O)CCN4CCN(C)CC4)cc3OC)NC2=O)N1C1CCCC1. The average molecular weight is 591 g/mol. The molecule has 0 aromatic heterocycles. The summed E-state index contributed by atoms with van der Waals surface area (Å²) in [6.07, 6.45) is 5.48. The molecule has 1 saturated heterocycles. The molecule has 1 amide bonds.